The zero-order valence-corrected chi connectivity index (χ0v) is 11.7. The first-order valence-electron chi connectivity index (χ1n) is 6.95. The van der Waals surface area contributed by atoms with E-state index >= 15 is 0 Å². The van der Waals surface area contributed by atoms with Gasteiger partial charge in [-0.1, -0.05) is 18.2 Å². The van der Waals surface area contributed by atoms with Gasteiger partial charge in [-0.25, -0.2) is 0 Å². The summed E-state index contributed by atoms with van der Waals surface area (Å²) >= 11 is 0. The molecular weight excluding hydrogens is 268 g/mol. The van der Waals surface area contributed by atoms with E-state index in [9.17, 15) is 9.59 Å². The first-order chi connectivity index (χ1) is 10.1. The lowest BCUT2D eigenvalue weighted by molar-refractivity contribution is -0.137. The maximum absolute atomic E-state index is 12.8. The number of nitrogens with zero attached hydrogens (tertiary/aromatic N) is 2. The summed E-state index contributed by atoms with van der Waals surface area (Å²) in [4.78, 5) is 29.6. The van der Waals surface area contributed by atoms with Gasteiger partial charge in [-0.05, 0) is 31.9 Å². The predicted molar refractivity (Wildman–Crippen MR) is 78.2 cm³/mol. The van der Waals surface area contributed by atoms with Gasteiger partial charge in [-0.2, -0.15) is 0 Å². The molecule has 1 amide bonds. The van der Waals surface area contributed by atoms with Crippen molar-refractivity contribution in [1.82, 2.24) is 9.88 Å². The molecule has 0 unspecified atom stereocenters. The highest BCUT2D eigenvalue weighted by Crippen LogP contribution is 2.29. The van der Waals surface area contributed by atoms with Crippen LogP contribution in [-0.2, 0) is 4.79 Å². The lowest BCUT2D eigenvalue weighted by atomic mass is 10.1. The number of aliphatic carboxylic acids is 1. The van der Waals surface area contributed by atoms with Gasteiger partial charge in [0.2, 0.25) is 0 Å². The lowest BCUT2D eigenvalue weighted by Crippen LogP contribution is -2.37. The van der Waals surface area contributed by atoms with Crippen molar-refractivity contribution in [3.8, 4) is 0 Å². The maximum atomic E-state index is 12.8. The Bertz CT molecular complexity index is 723. The summed E-state index contributed by atoms with van der Waals surface area (Å²) in [5.74, 6) is -1.20. The molecule has 0 bridgehead atoms. The summed E-state index contributed by atoms with van der Waals surface area (Å²) in [5, 5.41) is 9.79. The average Bonchev–Trinajstić information content (AvgIpc) is 3.27. The van der Waals surface area contributed by atoms with E-state index in [0.29, 0.717) is 5.56 Å². The van der Waals surface area contributed by atoms with Crippen LogP contribution in [0.1, 0.15) is 28.9 Å². The van der Waals surface area contributed by atoms with Crippen molar-refractivity contribution in [3.05, 3.63) is 41.6 Å². The van der Waals surface area contributed by atoms with Crippen molar-refractivity contribution >= 4 is 22.8 Å². The Hall–Kier alpha value is -2.43. The minimum Gasteiger partial charge on any atom is -0.480 e. The number of fused-ring (bicyclic) bond motifs is 1. The van der Waals surface area contributed by atoms with Crippen molar-refractivity contribution in [3.63, 3.8) is 0 Å². The molecular formula is C16H16N2O3. The number of amides is 1. The van der Waals surface area contributed by atoms with Gasteiger partial charge >= 0.3 is 5.97 Å². The summed E-state index contributed by atoms with van der Waals surface area (Å²) in [6.07, 6.45) is 1.75. The Balaban J connectivity index is 2.05. The number of carboxylic acids is 1. The summed E-state index contributed by atoms with van der Waals surface area (Å²) in [5.41, 5.74) is 2.04. The summed E-state index contributed by atoms with van der Waals surface area (Å²) in [6, 6.07) is 9.23. The molecule has 0 aliphatic heterocycles. The quantitative estimate of drug-likeness (QED) is 0.934. The number of carboxylic acid groups (broad SMARTS) is 1. The Morgan fingerprint density at radius 2 is 2.05 bits per heavy atom. The van der Waals surface area contributed by atoms with Gasteiger partial charge in [-0.15, -0.1) is 0 Å². The molecule has 1 heterocycles. The molecule has 5 heteroatoms. The highest BCUT2D eigenvalue weighted by atomic mass is 16.4. The number of carbonyl (C=O) groups is 2. The molecule has 0 saturated heterocycles. The van der Waals surface area contributed by atoms with Crippen molar-refractivity contribution in [1.29, 1.82) is 0 Å². The second-order valence-corrected chi connectivity index (χ2v) is 5.39. The van der Waals surface area contributed by atoms with Crippen molar-refractivity contribution in [2.75, 3.05) is 6.54 Å². The van der Waals surface area contributed by atoms with Crippen LogP contribution in [0.4, 0.5) is 0 Å². The second-order valence-electron chi connectivity index (χ2n) is 5.39. The van der Waals surface area contributed by atoms with E-state index in [4.69, 9.17) is 5.11 Å². The van der Waals surface area contributed by atoms with E-state index in [0.717, 1.165) is 29.4 Å². The van der Waals surface area contributed by atoms with Crippen LogP contribution in [0.2, 0.25) is 0 Å². The molecule has 21 heavy (non-hydrogen) atoms. The summed E-state index contributed by atoms with van der Waals surface area (Å²) < 4.78 is 0. The third-order valence-electron chi connectivity index (χ3n) is 3.63. The van der Waals surface area contributed by atoms with Crippen LogP contribution >= 0.6 is 0 Å². The standard InChI is InChI=1S/C16H16N2O3/c1-10-8-13(12-4-2-3-5-14(12)17-10)16(21)18(9-15(19)20)11-6-7-11/h2-5,8,11H,6-7,9H2,1H3,(H,19,20). The van der Waals surface area contributed by atoms with Gasteiger partial charge in [0.05, 0.1) is 11.1 Å². The average molecular weight is 284 g/mol. The van der Waals surface area contributed by atoms with E-state index in [2.05, 4.69) is 4.98 Å². The minimum atomic E-state index is -0.981. The fourth-order valence-electron chi connectivity index (χ4n) is 2.54. The molecule has 0 radical (unpaired) electrons. The Morgan fingerprint density at radius 3 is 2.71 bits per heavy atom. The van der Waals surface area contributed by atoms with Gasteiger partial charge in [0.1, 0.15) is 6.54 Å². The van der Waals surface area contributed by atoms with Gasteiger partial charge in [0, 0.05) is 17.1 Å². The van der Waals surface area contributed by atoms with Crippen LogP contribution in [0, 0.1) is 6.92 Å². The Kier molecular flexibility index (Phi) is 3.33. The Labute approximate surface area is 122 Å². The first-order valence-corrected chi connectivity index (χ1v) is 6.95. The zero-order chi connectivity index (χ0) is 15.0. The van der Waals surface area contributed by atoms with E-state index in [1.165, 1.54) is 4.90 Å². The number of hydrogen-bond acceptors (Lipinski definition) is 3. The van der Waals surface area contributed by atoms with Crippen molar-refractivity contribution < 1.29 is 14.7 Å². The molecule has 0 spiro atoms. The number of para-hydroxylation sites is 1. The normalized spacial score (nSPS) is 14.1. The lowest BCUT2D eigenvalue weighted by Gasteiger charge is -2.21. The molecule has 2 aromatic rings. The van der Waals surface area contributed by atoms with Gasteiger partial charge in [0.15, 0.2) is 0 Å². The van der Waals surface area contributed by atoms with E-state index in [1.54, 1.807) is 6.07 Å². The molecule has 5 nitrogen and oxygen atoms in total. The van der Waals surface area contributed by atoms with E-state index in [-0.39, 0.29) is 18.5 Å². The summed E-state index contributed by atoms with van der Waals surface area (Å²) in [6.45, 7) is 1.58. The van der Waals surface area contributed by atoms with Crippen LogP contribution in [0.15, 0.2) is 30.3 Å². The topological polar surface area (TPSA) is 70.5 Å². The molecule has 1 aliphatic carbocycles. The van der Waals surface area contributed by atoms with Crippen LogP contribution < -0.4 is 0 Å². The van der Waals surface area contributed by atoms with Gasteiger partial charge < -0.3 is 10.0 Å². The highest BCUT2D eigenvalue weighted by molar-refractivity contribution is 6.07. The predicted octanol–water partition coefficient (Wildman–Crippen LogP) is 2.23. The smallest absolute Gasteiger partial charge is 0.323 e. The van der Waals surface area contributed by atoms with Crippen LogP contribution in [0.5, 0.6) is 0 Å². The van der Waals surface area contributed by atoms with Crippen molar-refractivity contribution in [2.45, 2.75) is 25.8 Å². The summed E-state index contributed by atoms with van der Waals surface area (Å²) in [7, 11) is 0. The van der Waals surface area contributed by atoms with Crippen LogP contribution in [0.3, 0.4) is 0 Å². The molecule has 1 aromatic heterocycles. The fraction of sp³-hybridized carbons (Fsp3) is 0.312. The van der Waals surface area contributed by atoms with Gasteiger partial charge in [-0.3, -0.25) is 14.6 Å². The maximum Gasteiger partial charge on any atom is 0.323 e. The monoisotopic (exact) mass is 284 g/mol. The molecule has 1 N–H and O–H groups in total. The second kappa shape index (κ2) is 5.16. The molecule has 3 rings (SSSR count). The Morgan fingerprint density at radius 1 is 1.33 bits per heavy atom. The number of aryl methyl sites for hydroxylation is 1. The number of carbonyl (C=O) groups excluding carboxylic acids is 1. The van der Waals surface area contributed by atoms with E-state index in [1.807, 2.05) is 31.2 Å². The SMILES string of the molecule is Cc1cc(C(=O)N(CC(=O)O)C2CC2)c2ccccc2n1. The van der Waals surface area contributed by atoms with Gasteiger partial charge in [0.25, 0.3) is 5.91 Å². The largest absolute Gasteiger partial charge is 0.480 e. The molecule has 0 atom stereocenters. The number of pyridine rings is 1. The zero-order valence-electron chi connectivity index (χ0n) is 11.7. The molecule has 108 valence electrons. The molecule has 1 aromatic carbocycles. The van der Waals surface area contributed by atoms with Crippen LogP contribution in [0.25, 0.3) is 10.9 Å². The highest BCUT2D eigenvalue weighted by Gasteiger charge is 2.34. The number of aromatic nitrogens is 1. The van der Waals surface area contributed by atoms with Crippen LogP contribution in [-0.4, -0.2) is 39.5 Å². The molecule has 1 fully saturated rings. The third-order valence-corrected chi connectivity index (χ3v) is 3.63. The minimum absolute atomic E-state index is 0.0563. The number of rotatable bonds is 4. The molecule has 1 saturated carbocycles. The van der Waals surface area contributed by atoms with Crippen molar-refractivity contribution in [2.24, 2.45) is 0 Å². The number of benzene rings is 1. The third kappa shape index (κ3) is 2.72. The first kappa shape index (κ1) is 13.5. The number of hydrogen-bond donors (Lipinski definition) is 1. The fourth-order valence-corrected chi connectivity index (χ4v) is 2.54. The molecule has 1 aliphatic rings. The van der Waals surface area contributed by atoms with E-state index < -0.39 is 5.97 Å².